The predicted octanol–water partition coefficient (Wildman–Crippen LogP) is 3.02. The second kappa shape index (κ2) is 3.26. The summed E-state index contributed by atoms with van der Waals surface area (Å²) in [6, 6.07) is 2.11. The van der Waals surface area contributed by atoms with E-state index in [4.69, 9.17) is 5.73 Å². The fourth-order valence-electron chi connectivity index (χ4n) is 1.03. The molecule has 1 aromatic heterocycles. The summed E-state index contributed by atoms with van der Waals surface area (Å²) in [4.78, 5) is 2.73. The molecule has 0 aromatic carbocycles. The molecule has 0 bridgehead atoms. The van der Waals surface area contributed by atoms with Crippen molar-refractivity contribution in [3.8, 4) is 0 Å². The highest BCUT2D eigenvalue weighted by atomic mass is 32.1. The van der Waals surface area contributed by atoms with Gasteiger partial charge in [-0.2, -0.15) is 0 Å². The van der Waals surface area contributed by atoms with Crippen LogP contribution in [0.15, 0.2) is 6.07 Å². The van der Waals surface area contributed by atoms with Crippen molar-refractivity contribution in [2.24, 2.45) is 0 Å². The number of aryl methyl sites for hydroxylation is 1. The van der Waals surface area contributed by atoms with Crippen LogP contribution in [0.1, 0.15) is 36.4 Å². The lowest BCUT2D eigenvalue weighted by atomic mass is 10.2. The molecule has 2 N–H and O–H groups in total. The summed E-state index contributed by atoms with van der Waals surface area (Å²) in [6.07, 6.45) is 1.06. The molecule has 0 fully saturated rings. The van der Waals surface area contributed by atoms with Gasteiger partial charge in [0.2, 0.25) is 0 Å². The molecule has 1 heterocycles. The van der Waals surface area contributed by atoms with Gasteiger partial charge in [0, 0.05) is 15.4 Å². The van der Waals surface area contributed by atoms with Gasteiger partial charge in [-0.1, -0.05) is 20.8 Å². The van der Waals surface area contributed by atoms with Crippen molar-refractivity contribution in [2.45, 2.75) is 33.1 Å². The first-order chi connectivity index (χ1) is 5.15. The van der Waals surface area contributed by atoms with E-state index in [2.05, 4.69) is 26.8 Å². The van der Waals surface area contributed by atoms with Gasteiger partial charge in [-0.25, -0.2) is 0 Å². The number of anilines is 1. The number of rotatable bonds is 2. The van der Waals surface area contributed by atoms with Gasteiger partial charge < -0.3 is 5.73 Å². The summed E-state index contributed by atoms with van der Waals surface area (Å²) < 4.78 is 0. The van der Waals surface area contributed by atoms with Gasteiger partial charge in [-0.05, 0) is 18.4 Å². The van der Waals surface area contributed by atoms with Crippen LogP contribution in [-0.2, 0) is 6.42 Å². The van der Waals surface area contributed by atoms with Crippen LogP contribution in [0.3, 0.4) is 0 Å². The van der Waals surface area contributed by atoms with Crippen LogP contribution in [0.5, 0.6) is 0 Å². The van der Waals surface area contributed by atoms with Crippen LogP contribution in [0, 0.1) is 0 Å². The van der Waals surface area contributed by atoms with Gasteiger partial charge >= 0.3 is 0 Å². The lowest BCUT2D eigenvalue weighted by Gasteiger charge is -1.96. The van der Waals surface area contributed by atoms with Crippen LogP contribution >= 0.6 is 11.3 Å². The maximum atomic E-state index is 5.80. The second-order valence-electron chi connectivity index (χ2n) is 3.04. The molecule has 0 spiro atoms. The molecule has 0 saturated heterocycles. The second-order valence-corrected chi connectivity index (χ2v) is 4.20. The number of hydrogen-bond donors (Lipinski definition) is 1. The molecular weight excluding hydrogens is 154 g/mol. The van der Waals surface area contributed by atoms with Crippen molar-refractivity contribution < 1.29 is 0 Å². The molecule has 0 saturated carbocycles. The normalized spacial score (nSPS) is 10.9. The molecule has 11 heavy (non-hydrogen) atoms. The van der Waals surface area contributed by atoms with Crippen molar-refractivity contribution in [2.75, 3.05) is 5.73 Å². The third-order valence-electron chi connectivity index (χ3n) is 1.75. The molecule has 0 unspecified atom stereocenters. The zero-order chi connectivity index (χ0) is 8.43. The SMILES string of the molecule is CCc1sc(C(C)C)cc1N. The first-order valence-electron chi connectivity index (χ1n) is 4.03. The van der Waals surface area contributed by atoms with Crippen LogP contribution in [0.4, 0.5) is 5.69 Å². The van der Waals surface area contributed by atoms with E-state index >= 15 is 0 Å². The van der Waals surface area contributed by atoms with Crippen LogP contribution in [0.2, 0.25) is 0 Å². The Hall–Kier alpha value is -0.500. The van der Waals surface area contributed by atoms with Gasteiger partial charge in [0.15, 0.2) is 0 Å². The van der Waals surface area contributed by atoms with Crippen LogP contribution in [-0.4, -0.2) is 0 Å². The molecule has 0 aliphatic heterocycles. The molecule has 0 aliphatic carbocycles. The van der Waals surface area contributed by atoms with Crippen molar-refractivity contribution in [1.29, 1.82) is 0 Å². The van der Waals surface area contributed by atoms with Crippen molar-refractivity contribution >= 4 is 17.0 Å². The highest BCUT2D eigenvalue weighted by molar-refractivity contribution is 7.12. The maximum absolute atomic E-state index is 5.80. The summed E-state index contributed by atoms with van der Waals surface area (Å²) in [5.74, 6) is 0.614. The van der Waals surface area contributed by atoms with Crippen molar-refractivity contribution in [3.63, 3.8) is 0 Å². The van der Waals surface area contributed by atoms with E-state index in [0.29, 0.717) is 5.92 Å². The lowest BCUT2D eigenvalue weighted by molar-refractivity contribution is 0.890. The Morgan fingerprint density at radius 1 is 1.55 bits per heavy atom. The third kappa shape index (κ3) is 1.74. The average molecular weight is 169 g/mol. The molecular formula is C9H15NS. The Labute approximate surface area is 72.2 Å². The number of nitrogens with two attached hydrogens (primary N) is 1. The van der Waals surface area contributed by atoms with Gasteiger partial charge in [0.1, 0.15) is 0 Å². The van der Waals surface area contributed by atoms with Crippen LogP contribution < -0.4 is 5.73 Å². The number of hydrogen-bond acceptors (Lipinski definition) is 2. The van der Waals surface area contributed by atoms with Gasteiger partial charge in [-0.3, -0.25) is 0 Å². The Kier molecular flexibility index (Phi) is 2.55. The van der Waals surface area contributed by atoms with Crippen molar-refractivity contribution in [1.82, 2.24) is 0 Å². The number of nitrogen functional groups attached to an aromatic ring is 1. The topological polar surface area (TPSA) is 26.0 Å². The fourth-order valence-corrected chi connectivity index (χ4v) is 2.05. The van der Waals surface area contributed by atoms with E-state index in [9.17, 15) is 0 Å². The molecule has 1 nitrogen and oxygen atoms in total. The summed E-state index contributed by atoms with van der Waals surface area (Å²) in [7, 11) is 0. The minimum absolute atomic E-state index is 0.614. The molecule has 2 heteroatoms. The average Bonchev–Trinajstić information content (AvgIpc) is 2.31. The highest BCUT2D eigenvalue weighted by Crippen LogP contribution is 2.30. The summed E-state index contributed by atoms with van der Waals surface area (Å²) >= 11 is 1.84. The molecule has 0 aliphatic rings. The van der Waals surface area contributed by atoms with Gasteiger partial charge in [0.05, 0.1) is 0 Å². The van der Waals surface area contributed by atoms with E-state index < -0.39 is 0 Å². The smallest absolute Gasteiger partial charge is 0.0458 e. The molecule has 62 valence electrons. The molecule has 1 rings (SSSR count). The zero-order valence-electron chi connectivity index (χ0n) is 7.35. The molecule has 0 radical (unpaired) electrons. The quantitative estimate of drug-likeness (QED) is 0.723. The Bertz CT molecular complexity index is 238. The lowest BCUT2D eigenvalue weighted by Crippen LogP contribution is -1.84. The first-order valence-corrected chi connectivity index (χ1v) is 4.84. The Morgan fingerprint density at radius 2 is 2.18 bits per heavy atom. The largest absolute Gasteiger partial charge is 0.398 e. The fraction of sp³-hybridized carbons (Fsp3) is 0.556. The maximum Gasteiger partial charge on any atom is 0.0458 e. The molecule has 0 atom stereocenters. The van der Waals surface area contributed by atoms with Crippen LogP contribution in [0.25, 0.3) is 0 Å². The van der Waals surface area contributed by atoms with Crippen molar-refractivity contribution in [3.05, 3.63) is 15.8 Å². The van der Waals surface area contributed by atoms with E-state index in [1.165, 1.54) is 9.75 Å². The summed E-state index contributed by atoms with van der Waals surface area (Å²) in [5, 5.41) is 0. The monoisotopic (exact) mass is 169 g/mol. The van der Waals surface area contributed by atoms with E-state index in [1.807, 2.05) is 11.3 Å². The highest BCUT2D eigenvalue weighted by Gasteiger charge is 2.06. The Balaban J connectivity index is 2.95. The minimum atomic E-state index is 0.614. The standard InChI is InChI=1S/C9H15NS/c1-4-8-7(10)5-9(11-8)6(2)3/h5-6H,4,10H2,1-3H3. The number of thiophene rings is 1. The van der Waals surface area contributed by atoms with E-state index in [1.54, 1.807) is 0 Å². The molecule has 1 aromatic rings. The summed E-state index contributed by atoms with van der Waals surface area (Å²) in [5.41, 5.74) is 6.77. The summed E-state index contributed by atoms with van der Waals surface area (Å²) in [6.45, 7) is 6.54. The minimum Gasteiger partial charge on any atom is -0.398 e. The van der Waals surface area contributed by atoms with E-state index in [0.717, 1.165) is 12.1 Å². The first kappa shape index (κ1) is 8.60. The van der Waals surface area contributed by atoms with Gasteiger partial charge in [-0.15, -0.1) is 11.3 Å². The predicted molar refractivity (Wildman–Crippen MR) is 52.2 cm³/mol. The van der Waals surface area contributed by atoms with Gasteiger partial charge in [0.25, 0.3) is 0 Å². The Morgan fingerprint density at radius 3 is 2.45 bits per heavy atom. The zero-order valence-corrected chi connectivity index (χ0v) is 8.16. The van der Waals surface area contributed by atoms with E-state index in [-0.39, 0.29) is 0 Å². The third-order valence-corrected chi connectivity index (χ3v) is 3.35. The molecule has 0 amide bonds.